The molecule has 138 valence electrons. The molecule has 0 heterocycles. The van der Waals surface area contributed by atoms with Gasteiger partial charge in [-0.3, -0.25) is 14.4 Å². The van der Waals surface area contributed by atoms with Crippen molar-refractivity contribution in [3.8, 4) is 0 Å². The van der Waals surface area contributed by atoms with Gasteiger partial charge in [-0.1, -0.05) is 19.9 Å². The van der Waals surface area contributed by atoms with Gasteiger partial charge in [0.2, 0.25) is 11.8 Å². The molecule has 3 amide bonds. The predicted octanol–water partition coefficient (Wildman–Crippen LogP) is 1.36. The molecule has 0 spiro atoms. The Morgan fingerprint density at radius 2 is 1.56 bits per heavy atom. The van der Waals surface area contributed by atoms with E-state index in [9.17, 15) is 23.2 Å². The van der Waals surface area contributed by atoms with E-state index in [4.69, 9.17) is 0 Å². The van der Waals surface area contributed by atoms with Crippen molar-refractivity contribution in [1.82, 2.24) is 16.0 Å². The van der Waals surface area contributed by atoms with Crippen molar-refractivity contribution in [2.45, 2.75) is 39.8 Å². The number of nitrogens with one attached hydrogen (secondary N) is 3. The van der Waals surface area contributed by atoms with Gasteiger partial charge < -0.3 is 16.0 Å². The minimum atomic E-state index is -1.04. The second-order valence-electron chi connectivity index (χ2n) is 6.23. The first kappa shape index (κ1) is 20.5. The normalized spacial score (nSPS) is 12.0. The van der Waals surface area contributed by atoms with Gasteiger partial charge in [0.1, 0.15) is 23.2 Å². The van der Waals surface area contributed by atoms with E-state index in [1.807, 2.05) is 0 Å². The number of halogens is 2. The summed E-state index contributed by atoms with van der Waals surface area (Å²) in [5, 5.41) is 7.33. The Kier molecular flexibility index (Phi) is 7.47. The molecule has 0 fully saturated rings. The molecule has 0 aliphatic carbocycles. The maximum absolute atomic E-state index is 13.7. The van der Waals surface area contributed by atoms with Gasteiger partial charge in [0.15, 0.2) is 0 Å². The summed E-state index contributed by atoms with van der Waals surface area (Å²) < 4.78 is 27.3. The molecule has 1 aromatic rings. The van der Waals surface area contributed by atoms with Crippen molar-refractivity contribution in [3.63, 3.8) is 0 Å². The maximum Gasteiger partial charge on any atom is 0.257 e. The van der Waals surface area contributed by atoms with Crippen molar-refractivity contribution in [3.05, 3.63) is 35.4 Å². The van der Waals surface area contributed by atoms with Crippen molar-refractivity contribution >= 4 is 17.7 Å². The Hall–Kier alpha value is -2.51. The number of carbonyl (C=O) groups excluding carboxylic acids is 3. The molecule has 0 saturated heterocycles. The molecule has 0 aromatic heterocycles. The molecule has 25 heavy (non-hydrogen) atoms. The van der Waals surface area contributed by atoms with E-state index in [1.165, 1.54) is 0 Å². The molecule has 0 aliphatic heterocycles. The molecule has 1 atom stereocenters. The molecule has 8 heteroatoms. The summed E-state index contributed by atoms with van der Waals surface area (Å²) in [5.74, 6) is -4.41. The summed E-state index contributed by atoms with van der Waals surface area (Å²) in [6, 6.07) is 1.94. The fourth-order valence-corrected chi connectivity index (χ4v) is 2.11. The highest BCUT2D eigenvalue weighted by Gasteiger charge is 2.27. The number of carbonyl (C=O) groups is 3. The Morgan fingerprint density at radius 3 is 2.04 bits per heavy atom. The quantitative estimate of drug-likeness (QED) is 0.690. The third-order valence-electron chi connectivity index (χ3n) is 3.30. The highest BCUT2D eigenvalue weighted by Crippen LogP contribution is 2.13. The number of amides is 3. The maximum atomic E-state index is 13.7. The second kappa shape index (κ2) is 9.10. The van der Waals surface area contributed by atoms with Gasteiger partial charge in [0, 0.05) is 6.04 Å². The number of hydrogen-bond donors (Lipinski definition) is 3. The van der Waals surface area contributed by atoms with E-state index < -0.39 is 35.1 Å². The summed E-state index contributed by atoms with van der Waals surface area (Å²) in [6.45, 7) is 6.62. The van der Waals surface area contributed by atoms with Crippen LogP contribution in [0.3, 0.4) is 0 Å². The van der Waals surface area contributed by atoms with E-state index >= 15 is 0 Å². The highest BCUT2D eigenvalue weighted by atomic mass is 19.1. The number of hydrogen-bond acceptors (Lipinski definition) is 3. The summed E-state index contributed by atoms with van der Waals surface area (Å²) in [5.41, 5.74) is -0.751. The fraction of sp³-hybridized carbons (Fsp3) is 0.471. The van der Waals surface area contributed by atoms with E-state index in [1.54, 1.807) is 27.7 Å². The van der Waals surface area contributed by atoms with E-state index in [2.05, 4.69) is 16.0 Å². The van der Waals surface area contributed by atoms with Gasteiger partial charge in [-0.25, -0.2) is 8.78 Å². The van der Waals surface area contributed by atoms with Crippen molar-refractivity contribution in [2.75, 3.05) is 6.54 Å². The molecule has 6 nitrogen and oxygen atoms in total. The van der Waals surface area contributed by atoms with Crippen LogP contribution in [0.25, 0.3) is 0 Å². The molecular weight excluding hydrogens is 332 g/mol. The van der Waals surface area contributed by atoms with Crippen molar-refractivity contribution in [1.29, 1.82) is 0 Å². The highest BCUT2D eigenvalue weighted by molar-refractivity contribution is 5.98. The van der Waals surface area contributed by atoms with Crippen LogP contribution >= 0.6 is 0 Å². The third kappa shape index (κ3) is 6.13. The average Bonchev–Trinajstić information content (AvgIpc) is 2.49. The lowest BCUT2D eigenvalue weighted by Crippen LogP contribution is -2.52. The SMILES string of the molecule is CC(C)NC(=O)CNC(=O)C(NC(=O)c1c(F)cccc1F)C(C)C. The first-order valence-corrected chi connectivity index (χ1v) is 7.95. The van der Waals surface area contributed by atoms with Crippen LogP contribution in [0.5, 0.6) is 0 Å². The number of benzene rings is 1. The molecule has 0 saturated carbocycles. The van der Waals surface area contributed by atoms with Crippen LogP contribution in [0.2, 0.25) is 0 Å². The lowest BCUT2D eigenvalue weighted by molar-refractivity contribution is -0.128. The van der Waals surface area contributed by atoms with Crippen LogP contribution in [0.1, 0.15) is 38.1 Å². The predicted molar refractivity (Wildman–Crippen MR) is 88.7 cm³/mol. The van der Waals surface area contributed by atoms with Gasteiger partial charge in [-0.2, -0.15) is 0 Å². The summed E-state index contributed by atoms with van der Waals surface area (Å²) in [4.78, 5) is 35.9. The number of rotatable bonds is 7. The van der Waals surface area contributed by atoms with Crippen molar-refractivity contribution < 1.29 is 23.2 Å². The smallest absolute Gasteiger partial charge is 0.257 e. The van der Waals surface area contributed by atoms with Crippen LogP contribution in [-0.2, 0) is 9.59 Å². The molecule has 0 aliphatic rings. The van der Waals surface area contributed by atoms with Gasteiger partial charge in [0.25, 0.3) is 5.91 Å². The average molecular weight is 355 g/mol. The Labute approximate surface area is 145 Å². The zero-order chi connectivity index (χ0) is 19.1. The minimum absolute atomic E-state index is 0.0750. The summed E-state index contributed by atoms with van der Waals surface area (Å²) in [7, 11) is 0. The Balaban J connectivity index is 2.78. The minimum Gasteiger partial charge on any atom is -0.352 e. The molecule has 3 N–H and O–H groups in total. The second-order valence-corrected chi connectivity index (χ2v) is 6.23. The lowest BCUT2D eigenvalue weighted by atomic mass is 10.0. The van der Waals surface area contributed by atoms with Crippen LogP contribution in [0, 0.1) is 17.6 Å². The Morgan fingerprint density at radius 1 is 1.00 bits per heavy atom. The first-order chi connectivity index (χ1) is 11.6. The van der Waals surface area contributed by atoms with E-state index in [-0.39, 0.29) is 24.4 Å². The summed E-state index contributed by atoms with van der Waals surface area (Å²) in [6.07, 6.45) is 0. The molecule has 1 aromatic carbocycles. The molecule has 0 bridgehead atoms. The van der Waals surface area contributed by atoms with Crippen LogP contribution in [-0.4, -0.2) is 36.3 Å². The monoisotopic (exact) mass is 355 g/mol. The Bertz CT molecular complexity index is 628. The van der Waals surface area contributed by atoms with Gasteiger partial charge in [-0.05, 0) is 31.9 Å². The zero-order valence-corrected chi connectivity index (χ0v) is 14.7. The fourth-order valence-electron chi connectivity index (χ4n) is 2.11. The molecular formula is C17H23F2N3O3. The lowest BCUT2D eigenvalue weighted by Gasteiger charge is -2.22. The zero-order valence-electron chi connectivity index (χ0n) is 14.7. The largest absolute Gasteiger partial charge is 0.352 e. The van der Waals surface area contributed by atoms with Crippen LogP contribution in [0.15, 0.2) is 18.2 Å². The van der Waals surface area contributed by atoms with Crippen LogP contribution in [0.4, 0.5) is 8.78 Å². The van der Waals surface area contributed by atoms with Crippen molar-refractivity contribution in [2.24, 2.45) is 5.92 Å². The molecule has 0 radical (unpaired) electrons. The third-order valence-corrected chi connectivity index (χ3v) is 3.30. The topological polar surface area (TPSA) is 87.3 Å². The van der Waals surface area contributed by atoms with Crippen LogP contribution < -0.4 is 16.0 Å². The molecule has 1 rings (SSSR count). The standard InChI is InChI=1S/C17H23F2N3O3/c1-9(2)15(17(25)20-8-13(23)21-10(3)4)22-16(24)14-11(18)6-5-7-12(14)19/h5-7,9-10,15H,8H2,1-4H3,(H,20,25)(H,21,23)(H,22,24). The first-order valence-electron chi connectivity index (χ1n) is 7.95. The van der Waals surface area contributed by atoms with E-state index in [0.717, 1.165) is 18.2 Å². The van der Waals surface area contributed by atoms with Gasteiger partial charge in [0.05, 0.1) is 6.54 Å². The van der Waals surface area contributed by atoms with E-state index in [0.29, 0.717) is 0 Å². The molecule has 1 unspecified atom stereocenters. The summed E-state index contributed by atoms with van der Waals surface area (Å²) >= 11 is 0. The van der Waals surface area contributed by atoms with Gasteiger partial charge in [-0.15, -0.1) is 0 Å². The van der Waals surface area contributed by atoms with Gasteiger partial charge >= 0.3 is 0 Å².